The third-order valence-electron chi connectivity index (χ3n) is 3.48. The smallest absolute Gasteiger partial charge is 0.251 e. The Kier molecular flexibility index (Phi) is 4.20. The average molecular weight is 248 g/mol. The Bertz CT molecular complexity index is 414. The molecule has 18 heavy (non-hydrogen) atoms. The molecular weight excluding hydrogens is 228 g/mol. The Labute approximate surface area is 108 Å². The molecule has 0 aliphatic carbocycles. The molecule has 1 aromatic rings. The minimum Gasteiger partial charge on any atom is -0.399 e. The first kappa shape index (κ1) is 12.9. The number of carbonyl (C=O) groups is 1. The van der Waals surface area contributed by atoms with Crippen molar-refractivity contribution in [3.8, 4) is 0 Å². The number of hydrogen-bond acceptors (Lipinski definition) is 3. The Morgan fingerprint density at radius 3 is 2.83 bits per heavy atom. The van der Waals surface area contributed by atoms with Crippen molar-refractivity contribution in [1.29, 1.82) is 0 Å². The van der Waals surface area contributed by atoms with Crippen LogP contribution in [0.1, 0.15) is 30.1 Å². The Morgan fingerprint density at radius 2 is 2.17 bits per heavy atom. The second-order valence-corrected chi connectivity index (χ2v) is 4.84. The SMILES string of the molecule is CC(NC(=O)c1cccc(N)c1)C1CCOCC1. The summed E-state index contributed by atoms with van der Waals surface area (Å²) in [5, 5.41) is 3.04. The minimum absolute atomic E-state index is 0.0544. The van der Waals surface area contributed by atoms with E-state index < -0.39 is 0 Å². The van der Waals surface area contributed by atoms with Crippen LogP contribution in [0.5, 0.6) is 0 Å². The van der Waals surface area contributed by atoms with Crippen LogP contribution in [0.4, 0.5) is 5.69 Å². The summed E-state index contributed by atoms with van der Waals surface area (Å²) in [7, 11) is 0. The number of benzene rings is 1. The van der Waals surface area contributed by atoms with Crippen molar-refractivity contribution in [3.63, 3.8) is 0 Å². The maximum absolute atomic E-state index is 12.1. The third-order valence-corrected chi connectivity index (χ3v) is 3.48. The summed E-state index contributed by atoms with van der Waals surface area (Å²) in [5.74, 6) is 0.449. The van der Waals surface area contributed by atoms with Crippen molar-refractivity contribution in [1.82, 2.24) is 5.32 Å². The molecule has 1 saturated heterocycles. The van der Waals surface area contributed by atoms with Gasteiger partial charge < -0.3 is 15.8 Å². The molecule has 98 valence electrons. The van der Waals surface area contributed by atoms with E-state index in [1.807, 2.05) is 0 Å². The van der Waals surface area contributed by atoms with E-state index in [4.69, 9.17) is 10.5 Å². The quantitative estimate of drug-likeness (QED) is 0.802. The van der Waals surface area contributed by atoms with E-state index in [1.54, 1.807) is 24.3 Å². The normalized spacial score (nSPS) is 18.3. The lowest BCUT2D eigenvalue weighted by Gasteiger charge is -2.28. The lowest BCUT2D eigenvalue weighted by atomic mass is 9.93. The van der Waals surface area contributed by atoms with Crippen LogP contribution in [0.25, 0.3) is 0 Å². The minimum atomic E-state index is -0.0544. The molecule has 1 aromatic carbocycles. The summed E-state index contributed by atoms with van der Waals surface area (Å²) in [6, 6.07) is 7.22. The predicted octanol–water partition coefficient (Wildman–Crippen LogP) is 1.81. The fourth-order valence-corrected chi connectivity index (χ4v) is 2.30. The van der Waals surface area contributed by atoms with Crippen LogP contribution < -0.4 is 11.1 Å². The van der Waals surface area contributed by atoms with Gasteiger partial charge in [0.2, 0.25) is 0 Å². The molecular formula is C14H20N2O2. The van der Waals surface area contributed by atoms with E-state index in [0.29, 0.717) is 17.2 Å². The first-order valence-electron chi connectivity index (χ1n) is 6.41. The number of amides is 1. The second-order valence-electron chi connectivity index (χ2n) is 4.84. The van der Waals surface area contributed by atoms with Gasteiger partial charge in [0.05, 0.1) is 0 Å². The molecule has 4 heteroatoms. The van der Waals surface area contributed by atoms with E-state index in [1.165, 1.54) is 0 Å². The first-order valence-corrected chi connectivity index (χ1v) is 6.41. The molecule has 0 spiro atoms. The van der Waals surface area contributed by atoms with Crippen molar-refractivity contribution >= 4 is 11.6 Å². The van der Waals surface area contributed by atoms with Gasteiger partial charge in [0.15, 0.2) is 0 Å². The van der Waals surface area contributed by atoms with Gasteiger partial charge in [-0.25, -0.2) is 0 Å². The van der Waals surface area contributed by atoms with Crippen molar-refractivity contribution in [2.45, 2.75) is 25.8 Å². The summed E-state index contributed by atoms with van der Waals surface area (Å²) < 4.78 is 5.33. The average Bonchev–Trinajstić information content (AvgIpc) is 2.39. The van der Waals surface area contributed by atoms with E-state index in [2.05, 4.69) is 12.2 Å². The van der Waals surface area contributed by atoms with Gasteiger partial charge in [-0.3, -0.25) is 4.79 Å². The molecule has 1 aliphatic heterocycles. The van der Waals surface area contributed by atoms with Crippen LogP contribution in [0.2, 0.25) is 0 Å². The highest BCUT2D eigenvalue weighted by molar-refractivity contribution is 5.95. The standard InChI is InChI=1S/C14H20N2O2/c1-10(11-5-7-18-8-6-11)16-14(17)12-3-2-4-13(15)9-12/h2-4,9-11H,5-8,15H2,1H3,(H,16,17). The number of carbonyl (C=O) groups excluding carboxylic acids is 1. The van der Waals surface area contributed by atoms with Gasteiger partial charge in [-0.05, 0) is 43.9 Å². The molecule has 0 aromatic heterocycles. The van der Waals surface area contributed by atoms with Crippen LogP contribution in [0, 0.1) is 5.92 Å². The number of nitrogens with one attached hydrogen (secondary N) is 1. The molecule has 1 heterocycles. The van der Waals surface area contributed by atoms with E-state index in [0.717, 1.165) is 26.1 Å². The zero-order valence-corrected chi connectivity index (χ0v) is 10.7. The summed E-state index contributed by atoms with van der Waals surface area (Å²) in [6.07, 6.45) is 2.02. The molecule has 4 nitrogen and oxygen atoms in total. The maximum atomic E-state index is 12.1. The summed E-state index contributed by atoms with van der Waals surface area (Å²) in [5.41, 5.74) is 6.91. The highest BCUT2D eigenvalue weighted by Crippen LogP contribution is 2.19. The summed E-state index contributed by atoms with van der Waals surface area (Å²) in [6.45, 7) is 3.65. The molecule has 1 fully saturated rings. The molecule has 1 atom stereocenters. The molecule has 0 radical (unpaired) electrons. The number of anilines is 1. The summed E-state index contributed by atoms with van der Waals surface area (Å²) in [4.78, 5) is 12.1. The van der Waals surface area contributed by atoms with Crippen molar-refractivity contribution in [2.75, 3.05) is 18.9 Å². The lowest BCUT2D eigenvalue weighted by molar-refractivity contribution is 0.0538. The molecule has 0 bridgehead atoms. The predicted molar refractivity (Wildman–Crippen MR) is 71.3 cm³/mol. The molecule has 1 amide bonds. The van der Waals surface area contributed by atoms with Gasteiger partial charge in [0.1, 0.15) is 0 Å². The molecule has 2 rings (SSSR count). The Hall–Kier alpha value is -1.55. The molecule has 0 saturated carbocycles. The van der Waals surface area contributed by atoms with E-state index in [9.17, 15) is 4.79 Å². The Balaban J connectivity index is 1.94. The van der Waals surface area contributed by atoms with Crippen LogP contribution in [-0.2, 0) is 4.74 Å². The maximum Gasteiger partial charge on any atom is 0.251 e. The van der Waals surface area contributed by atoms with Crippen molar-refractivity contribution in [2.24, 2.45) is 5.92 Å². The summed E-state index contributed by atoms with van der Waals surface area (Å²) >= 11 is 0. The number of nitrogen functional groups attached to an aromatic ring is 1. The number of nitrogens with two attached hydrogens (primary N) is 1. The van der Waals surface area contributed by atoms with Crippen LogP contribution in [-0.4, -0.2) is 25.2 Å². The highest BCUT2D eigenvalue weighted by atomic mass is 16.5. The van der Waals surface area contributed by atoms with Gasteiger partial charge in [-0.1, -0.05) is 6.07 Å². The van der Waals surface area contributed by atoms with E-state index >= 15 is 0 Å². The third kappa shape index (κ3) is 3.23. The van der Waals surface area contributed by atoms with Crippen molar-refractivity contribution < 1.29 is 9.53 Å². The van der Waals surface area contributed by atoms with Gasteiger partial charge in [-0.2, -0.15) is 0 Å². The van der Waals surface area contributed by atoms with Gasteiger partial charge in [0, 0.05) is 30.5 Å². The van der Waals surface area contributed by atoms with Crippen LogP contribution in [0.3, 0.4) is 0 Å². The van der Waals surface area contributed by atoms with Gasteiger partial charge in [-0.15, -0.1) is 0 Å². The first-order chi connectivity index (χ1) is 8.66. The highest BCUT2D eigenvalue weighted by Gasteiger charge is 2.22. The molecule has 1 unspecified atom stereocenters. The lowest BCUT2D eigenvalue weighted by Crippen LogP contribution is -2.40. The fraction of sp³-hybridized carbons (Fsp3) is 0.500. The fourth-order valence-electron chi connectivity index (χ4n) is 2.30. The zero-order chi connectivity index (χ0) is 13.0. The monoisotopic (exact) mass is 248 g/mol. The number of ether oxygens (including phenoxy) is 1. The largest absolute Gasteiger partial charge is 0.399 e. The number of rotatable bonds is 3. The zero-order valence-electron chi connectivity index (χ0n) is 10.7. The Morgan fingerprint density at radius 1 is 1.44 bits per heavy atom. The van der Waals surface area contributed by atoms with Crippen molar-refractivity contribution in [3.05, 3.63) is 29.8 Å². The van der Waals surface area contributed by atoms with Gasteiger partial charge >= 0.3 is 0 Å². The van der Waals surface area contributed by atoms with Crippen LogP contribution >= 0.6 is 0 Å². The topological polar surface area (TPSA) is 64.4 Å². The second kappa shape index (κ2) is 5.87. The van der Waals surface area contributed by atoms with E-state index in [-0.39, 0.29) is 11.9 Å². The number of hydrogen-bond donors (Lipinski definition) is 2. The molecule has 3 N–H and O–H groups in total. The van der Waals surface area contributed by atoms with Crippen LogP contribution in [0.15, 0.2) is 24.3 Å². The van der Waals surface area contributed by atoms with Gasteiger partial charge in [0.25, 0.3) is 5.91 Å². The molecule has 1 aliphatic rings.